The Bertz CT molecular complexity index is 705. The highest BCUT2D eigenvalue weighted by molar-refractivity contribution is 6.70. The summed E-state index contributed by atoms with van der Waals surface area (Å²) in [6.07, 6.45) is 7.88. The van der Waals surface area contributed by atoms with E-state index in [0.717, 1.165) is 31.4 Å². The summed E-state index contributed by atoms with van der Waals surface area (Å²) in [4.78, 5) is 24.0. The van der Waals surface area contributed by atoms with Crippen molar-refractivity contribution in [2.24, 2.45) is 22.7 Å². The van der Waals surface area contributed by atoms with Gasteiger partial charge in [-0.2, -0.15) is 0 Å². The number of carbonyl (C=O) groups excluding carboxylic acids is 2. The minimum absolute atomic E-state index is 0.0827. The molecule has 29 heavy (non-hydrogen) atoms. The van der Waals surface area contributed by atoms with Crippen LogP contribution in [-0.2, 0) is 23.5 Å². The van der Waals surface area contributed by atoms with Gasteiger partial charge in [0.25, 0.3) is 0 Å². The third kappa shape index (κ3) is 5.14. The topological polar surface area (TPSA) is 61.8 Å². The fourth-order valence-electron chi connectivity index (χ4n) is 4.93. The van der Waals surface area contributed by atoms with Crippen LogP contribution in [0.1, 0.15) is 53.4 Å². The van der Waals surface area contributed by atoms with Crippen molar-refractivity contribution in [2.45, 2.75) is 73.0 Å². The number of carbonyl (C=O) groups is 2. The lowest BCUT2D eigenvalue weighted by Gasteiger charge is -2.52. The first-order valence-electron chi connectivity index (χ1n) is 10.7. The molecule has 0 aliphatic heterocycles. The van der Waals surface area contributed by atoms with Gasteiger partial charge in [-0.15, -0.1) is 0 Å². The van der Waals surface area contributed by atoms with Gasteiger partial charge in [-0.3, -0.25) is 9.59 Å². The molecule has 0 radical (unpaired) electrons. The summed E-state index contributed by atoms with van der Waals surface area (Å²) < 4.78 is 16.7. The molecule has 0 bridgehead atoms. The number of hydrogen-bond acceptors (Lipinski definition) is 5. The summed E-state index contributed by atoms with van der Waals surface area (Å²) in [5, 5.41) is 0. The predicted octanol–water partition coefficient (Wildman–Crippen LogP) is 5.24. The average molecular weight is 423 g/mol. The molecule has 0 spiro atoms. The SMILES string of the molecule is COC(=O)[C@@]1(C)C=C(O[Si](C)(C)C)C=C2[C@@H]1CCC(C)[C@]2(C)CCCOC(C)=O. The molecule has 0 amide bonds. The Morgan fingerprint density at radius 3 is 2.41 bits per heavy atom. The monoisotopic (exact) mass is 422 g/mol. The zero-order valence-electron chi connectivity index (χ0n) is 19.4. The Kier molecular flexibility index (Phi) is 7.08. The fraction of sp³-hybridized carbons (Fsp3) is 0.739. The summed E-state index contributed by atoms with van der Waals surface area (Å²) >= 11 is 0. The molecule has 0 aromatic heterocycles. The van der Waals surface area contributed by atoms with Crippen LogP contribution in [0.15, 0.2) is 23.5 Å². The van der Waals surface area contributed by atoms with Crippen molar-refractivity contribution in [3.63, 3.8) is 0 Å². The van der Waals surface area contributed by atoms with E-state index in [2.05, 4.69) is 39.6 Å². The molecule has 6 heteroatoms. The van der Waals surface area contributed by atoms with Gasteiger partial charge in [0.15, 0.2) is 0 Å². The zero-order chi connectivity index (χ0) is 22.0. The summed E-state index contributed by atoms with van der Waals surface area (Å²) in [7, 11) is -0.378. The van der Waals surface area contributed by atoms with Gasteiger partial charge in [0.1, 0.15) is 0 Å². The fourth-order valence-corrected chi connectivity index (χ4v) is 5.76. The first kappa shape index (κ1) is 23.7. The van der Waals surface area contributed by atoms with Crippen LogP contribution in [0.25, 0.3) is 0 Å². The smallest absolute Gasteiger partial charge is 0.316 e. The van der Waals surface area contributed by atoms with E-state index in [0.29, 0.717) is 12.5 Å². The maximum atomic E-state index is 12.9. The number of ether oxygens (including phenoxy) is 2. The lowest BCUT2D eigenvalue weighted by atomic mass is 9.53. The molecule has 4 atom stereocenters. The van der Waals surface area contributed by atoms with Gasteiger partial charge in [-0.25, -0.2) is 0 Å². The summed E-state index contributed by atoms with van der Waals surface area (Å²) in [6, 6.07) is 0. The Morgan fingerprint density at radius 2 is 1.86 bits per heavy atom. The number of allylic oxidation sites excluding steroid dienone is 2. The molecule has 1 unspecified atom stereocenters. The number of methoxy groups -OCH3 is 1. The van der Waals surface area contributed by atoms with E-state index in [-0.39, 0.29) is 23.3 Å². The Balaban J connectivity index is 2.44. The Morgan fingerprint density at radius 1 is 1.21 bits per heavy atom. The van der Waals surface area contributed by atoms with Gasteiger partial charge in [0.05, 0.1) is 24.9 Å². The number of hydrogen-bond donors (Lipinski definition) is 0. The van der Waals surface area contributed by atoms with Crippen molar-refractivity contribution in [1.82, 2.24) is 0 Å². The number of fused-ring (bicyclic) bond motifs is 1. The van der Waals surface area contributed by atoms with Crippen LogP contribution in [0, 0.1) is 22.7 Å². The minimum Gasteiger partial charge on any atom is -0.545 e. The first-order valence-corrected chi connectivity index (χ1v) is 14.1. The van der Waals surface area contributed by atoms with Gasteiger partial charge in [-0.05, 0) is 75.7 Å². The van der Waals surface area contributed by atoms with Gasteiger partial charge in [0, 0.05) is 12.8 Å². The molecule has 1 fully saturated rings. The molecule has 5 nitrogen and oxygen atoms in total. The number of esters is 2. The highest BCUT2D eigenvalue weighted by Gasteiger charge is 2.53. The maximum Gasteiger partial charge on any atom is 0.316 e. The lowest BCUT2D eigenvalue weighted by molar-refractivity contribution is -0.152. The van der Waals surface area contributed by atoms with Crippen LogP contribution in [-0.4, -0.2) is 34.0 Å². The average Bonchev–Trinajstić information content (AvgIpc) is 2.60. The van der Waals surface area contributed by atoms with Crippen molar-refractivity contribution < 1.29 is 23.5 Å². The van der Waals surface area contributed by atoms with Crippen LogP contribution >= 0.6 is 0 Å². The molecule has 2 aliphatic carbocycles. The Hall–Kier alpha value is -1.56. The summed E-state index contributed by atoms with van der Waals surface area (Å²) in [6.45, 7) is 14.9. The molecule has 1 saturated carbocycles. The van der Waals surface area contributed by atoms with Crippen LogP contribution in [0.5, 0.6) is 0 Å². The predicted molar refractivity (Wildman–Crippen MR) is 117 cm³/mol. The van der Waals surface area contributed by atoms with Crippen LogP contribution in [0.2, 0.25) is 19.6 Å². The highest BCUT2D eigenvalue weighted by atomic mass is 28.4. The third-order valence-electron chi connectivity index (χ3n) is 6.67. The van der Waals surface area contributed by atoms with Crippen molar-refractivity contribution in [1.29, 1.82) is 0 Å². The van der Waals surface area contributed by atoms with E-state index in [1.54, 1.807) is 0 Å². The molecule has 0 heterocycles. The number of rotatable bonds is 7. The van der Waals surface area contributed by atoms with Crippen molar-refractivity contribution in [3.05, 3.63) is 23.5 Å². The largest absolute Gasteiger partial charge is 0.545 e. The summed E-state index contributed by atoms with van der Waals surface area (Å²) in [5.41, 5.74) is 0.467. The van der Waals surface area contributed by atoms with Crippen LogP contribution < -0.4 is 0 Å². The minimum atomic E-state index is -1.84. The van der Waals surface area contributed by atoms with E-state index in [1.807, 2.05) is 13.0 Å². The van der Waals surface area contributed by atoms with E-state index >= 15 is 0 Å². The normalized spacial score (nSPS) is 31.9. The zero-order valence-corrected chi connectivity index (χ0v) is 20.4. The molecule has 0 saturated heterocycles. The second kappa shape index (κ2) is 8.66. The van der Waals surface area contributed by atoms with Gasteiger partial charge in [0.2, 0.25) is 8.32 Å². The van der Waals surface area contributed by atoms with Gasteiger partial charge in [-0.1, -0.05) is 19.4 Å². The summed E-state index contributed by atoms with van der Waals surface area (Å²) in [5.74, 6) is 0.910. The molecule has 164 valence electrons. The third-order valence-corrected chi connectivity index (χ3v) is 7.52. The van der Waals surface area contributed by atoms with Crippen molar-refractivity contribution in [3.8, 4) is 0 Å². The molecule has 0 N–H and O–H groups in total. The lowest BCUT2D eigenvalue weighted by Crippen LogP contribution is -2.47. The van der Waals surface area contributed by atoms with E-state index in [1.165, 1.54) is 19.6 Å². The second-order valence-corrected chi connectivity index (χ2v) is 14.5. The Labute approximate surface area is 177 Å². The van der Waals surface area contributed by atoms with Gasteiger partial charge < -0.3 is 13.9 Å². The molecule has 0 aromatic carbocycles. The van der Waals surface area contributed by atoms with Crippen molar-refractivity contribution in [2.75, 3.05) is 13.7 Å². The highest BCUT2D eigenvalue weighted by Crippen LogP contribution is 2.58. The quantitative estimate of drug-likeness (QED) is 0.319. The van der Waals surface area contributed by atoms with Crippen molar-refractivity contribution >= 4 is 20.3 Å². The molecular weight excluding hydrogens is 384 g/mol. The van der Waals surface area contributed by atoms with Gasteiger partial charge >= 0.3 is 11.9 Å². The first-order chi connectivity index (χ1) is 13.3. The standard InChI is InChI=1S/C23H38O5Si/c1-16-10-11-19-20(22(16,3)12-9-13-27-17(2)24)14-18(28-29(6,7)8)15-23(19,4)21(25)26-5/h14-16,19H,9-13H2,1-8H3/t16?,19-,22-,23-/m0/s1. The molecule has 0 aromatic rings. The maximum absolute atomic E-state index is 12.9. The van der Waals surface area contributed by atoms with Crippen LogP contribution in [0.4, 0.5) is 0 Å². The molecular formula is C23H38O5Si. The van der Waals surface area contributed by atoms with E-state index < -0.39 is 13.7 Å². The molecule has 2 rings (SSSR count). The second-order valence-electron chi connectivity index (χ2n) is 10.0. The van der Waals surface area contributed by atoms with E-state index in [9.17, 15) is 9.59 Å². The van der Waals surface area contributed by atoms with Crippen LogP contribution in [0.3, 0.4) is 0 Å². The molecule has 2 aliphatic rings. The van der Waals surface area contributed by atoms with E-state index in [4.69, 9.17) is 13.9 Å².